The summed E-state index contributed by atoms with van der Waals surface area (Å²) in [5.41, 5.74) is 1.46. The van der Waals surface area contributed by atoms with Crippen LogP contribution in [0, 0.1) is 5.92 Å². The van der Waals surface area contributed by atoms with E-state index in [1.165, 1.54) is 18.4 Å². The zero-order valence-corrected chi connectivity index (χ0v) is 20.7. The maximum Gasteiger partial charge on any atom is 0.184 e. The number of nitrogens with one attached hydrogen (secondary N) is 1. The molecule has 1 saturated carbocycles. The second-order valence-electron chi connectivity index (χ2n) is 10.4. The van der Waals surface area contributed by atoms with Crippen LogP contribution in [0.2, 0.25) is 44.3 Å². The summed E-state index contributed by atoms with van der Waals surface area (Å²) in [5.74, 6) is 0.654. The van der Waals surface area contributed by atoms with Gasteiger partial charge in [0.05, 0.1) is 6.10 Å². The van der Waals surface area contributed by atoms with Crippen molar-refractivity contribution in [3.8, 4) is 0 Å². The Labute approximate surface area is 168 Å². The molecular formula is C21H38ClNOSi2. The highest BCUT2D eigenvalue weighted by atomic mass is 35.5. The third-order valence-electron chi connectivity index (χ3n) is 5.21. The van der Waals surface area contributed by atoms with Gasteiger partial charge in [-0.25, -0.2) is 0 Å². The van der Waals surface area contributed by atoms with E-state index in [1.54, 1.807) is 0 Å². The fraction of sp³-hybridized carbons (Fsp3) is 0.714. The average Bonchev–Trinajstić information content (AvgIpc) is 2.43. The van der Waals surface area contributed by atoms with Crippen molar-refractivity contribution in [1.82, 2.24) is 4.98 Å². The van der Waals surface area contributed by atoms with E-state index in [0.29, 0.717) is 18.1 Å². The Kier molecular flexibility index (Phi) is 6.88. The van der Waals surface area contributed by atoms with Crippen molar-refractivity contribution in [2.75, 3.05) is 0 Å². The van der Waals surface area contributed by atoms with E-state index in [1.807, 2.05) is 12.1 Å². The molecule has 148 valence electrons. The predicted molar refractivity (Wildman–Crippen MR) is 120 cm³/mol. The summed E-state index contributed by atoms with van der Waals surface area (Å²) in [4.78, 5) is 4.10. The lowest BCUT2D eigenvalue weighted by Crippen LogP contribution is -2.67. The molecule has 3 unspecified atom stereocenters. The SMILES string of the molecule is CC(C)CC(N[Si](C)(C)C)C1(c2ccc(Cl)cc2)CCC1O[Si](C)(C)C. The molecule has 0 aromatic heterocycles. The summed E-state index contributed by atoms with van der Waals surface area (Å²) < 4.78 is 6.73. The van der Waals surface area contributed by atoms with Crippen molar-refractivity contribution in [2.45, 2.75) is 90.0 Å². The Morgan fingerprint density at radius 3 is 2.08 bits per heavy atom. The summed E-state index contributed by atoms with van der Waals surface area (Å²) in [7, 11) is -3.04. The first-order valence-corrected chi connectivity index (χ1v) is 17.3. The van der Waals surface area contributed by atoms with Crippen LogP contribution in [0.5, 0.6) is 0 Å². The molecule has 1 aromatic carbocycles. The van der Waals surface area contributed by atoms with Gasteiger partial charge in [-0.15, -0.1) is 0 Å². The lowest BCUT2D eigenvalue weighted by atomic mass is 9.57. The van der Waals surface area contributed by atoms with Crippen LogP contribution in [-0.4, -0.2) is 28.7 Å². The number of benzene rings is 1. The van der Waals surface area contributed by atoms with Crippen LogP contribution in [0.15, 0.2) is 24.3 Å². The van der Waals surface area contributed by atoms with Crippen molar-refractivity contribution < 1.29 is 4.43 Å². The quantitative estimate of drug-likeness (QED) is 0.497. The predicted octanol–water partition coefficient (Wildman–Crippen LogP) is 6.43. The third-order valence-corrected chi connectivity index (χ3v) is 7.67. The van der Waals surface area contributed by atoms with Gasteiger partial charge in [0.15, 0.2) is 8.32 Å². The van der Waals surface area contributed by atoms with Gasteiger partial charge >= 0.3 is 0 Å². The van der Waals surface area contributed by atoms with E-state index in [9.17, 15) is 0 Å². The van der Waals surface area contributed by atoms with E-state index >= 15 is 0 Å². The van der Waals surface area contributed by atoms with Crippen LogP contribution in [0.4, 0.5) is 0 Å². The summed E-state index contributed by atoms with van der Waals surface area (Å²) >= 11 is 6.20. The molecule has 1 aliphatic rings. The molecule has 1 aliphatic carbocycles. The van der Waals surface area contributed by atoms with Gasteiger partial charge in [-0.3, -0.25) is 0 Å². The van der Waals surface area contributed by atoms with Crippen molar-refractivity contribution in [2.24, 2.45) is 5.92 Å². The van der Waals surface area contributed by atoms with Gasteiger partial charge in [-0.2, -0.15) is 0 Å². The van der Waals surface area contributed by atoms with Crippen LogP contribution in [0.25, 0.3) is 0 Å². The summed E-state index contributed by atoms with van der Waals surface area (Å²) in [6, 6.07) is 9.01. The molecule has 0 bridgehead atoms. The third kappa shape index (κ3) is 5.45. The molecule has 0 spiro atoms. The maximum atomic E-state index is 6.73. The van der Waals surface area contributed by atoms with Gasteiger partial charge in [0.1, 0.15) is 8.24 Å². The fourth-order valence-corrected chi connectivity index (χ4v) is 6.97. The molecule has 5 heteroatoms. The van der Waals surface area contributed by atoms with Crippen molar-refractivity contribution in [3.05, 3.63) is 34.9 Å². The Balaban J connectivity index is 2.48. The van der Waals surface area contributed by atoms with Crippen LogP contribution in [-0.2, 0) is 9.84 Å². The molecule has 0 saturated heterocycles. The lowest BCUT2D eigenvalue weighted by molar-refractivity contribution is -0.0168. The van der Waals surface area contributed by atoms with E-state index < -0.39 is 16.6 Å². The smallest absolute Gasteiger partial charge is 0.184 e. The van der Waals surface area contributed by atoms with Crippen LogP contribution < -0.4 is 4.98 Å². The second-order valence-corrected chi connectivity index (χ2v) is 20.1. The van der Waals surface area contributed by atoms with Gasteiger partial charge in [-0.05, 0) is 62.5 Å². The second kappa shape index (κ2) is 8.08. The molecule has 1 fully saturated rings. The first-order chi connectivity index (χ1) is 11.8. The molecule has 1 N–H and O–H groups in total. The molecule has 0 radical (unpaired) electrons. The molecular weight excluding hydrogens is 374 g/mol. The monoisotopic (exact) mass is 411 g/mol. The Hall–Kier alpha value is -0.136. The van der Waals surface area contributed by atoms with Crippen LogP contribution in [0.3, 0.4) is 0 Å². The highest BCUT2D eigenvalue weighted by molar-refractivity contribution is 6.73. The van der Waals surface area contributed by atoms with Crippen molar-refractivity contribution >= 4 is 28.2 Å². The van der Waals surface area contributed by atoms with Gasteiger partial charge < -0.3 is 9.41 Å². The molecule has 2 rings (SSSR count). The number of hydrogen-bond acceptors (Lipinski definition) is 2. The fourth-order valence-electron chi connectivity index (χ4n) is 4.25. The van der Waals surface area contributed by atoms with E-state index in [-0.39, 0.29) is 5.41 Å². The number of rotatable bonds is 8. The van der Waals surface area contributed by atoms with Crippen molar-refractivity contribution in [1.29, 1.82) is 0 Å². The molecule has 1 aromatic rings. The molecule has 0 aliphatic heterocycles. The molecule has 2 nitrogen and oxygen atoms in total. The Morgan fingerprint density at radius 1 is 1.12 bits per heavy atom. The number of halogens is 1. The van der Waals surface area contributed by atoms with Crippen LogP contribution in [0.1, 0.15) is 38.7 Å². The topological polar surface area (TPSA) is 21.3 Å². The van der Waals surface area contributed by atoms with E-state index in [4.69, 9.17) is 16.0 Å². The summed E-state index contributed by atoms with van der Waals surface area (Å²) in [6.07, 6.45) is 3.84. The molecule has 3 atom stereocenters. The minimum absolute atomic E-state index is 0.0649. The van der Waals surface area contributed by atoms with Crippen molar-refractivity contribution in [3.63, 3.8) is 0 Å². The number of hydrogen-bond donors (Lipinski definition) is 1. The first kappa shape index (κ1) is 22.2. The standard InChI is InChI=1S/C21H38ClNOSi2/c1-16(2)15-19(23-25(3,4)5)21(17-9-11-18(22)12-10-17)14-13-20(21)24-26(6,7)8/h9-12,16,19-20,23H,13-15H2,1-8H3. The molecule has 26 heavy (non-hydrogen) atoms. The zero-order chi connectivity index (χ0) is 19.8. The Morgan fingerprint density at radius 2 is 1.69 bits per heavy atom. The van der Waals surface area contributed by atoms with Gasteiger partial charge in [0, 0.05) is 16.5 Å². The van der Waals surface area contributed by atoms with E-state index in [2.05, 4.69) is 70.2 Å². The summed E-state index contributed by atoms with van der Waals surface area (Å²) in [6.45, 7) is 18.8. The van der Waals surface area contributed by atoms with E-state index in [0.717, 1.165) is 11.4 Å². The van der Waals surface area contributed by atoms with Gasteiger partial charge in [0.2, 0.25) is 0 Å². The Bertz CT molecular complexity index is 592. The highest BCUT2D eigenvalue weighted by Gasteiger charge is 2.55. The minimum Gasteiger partial charge on any atom is -0.414 e. The largest absolute Gasteiger partial charge is 0.414 e. The van der Waals surface area contributed by atoms with Gasteiger partial charge in [-0.1, -0.05) is 57.2 Å². The molecule has 0 heterocycles. The zero-order valence-electron chi connectivity index (χ0n) is 17.9. The average molecular weight is 412 g/mol. The summed E-state index contributed by atoms with van der Waals surface area (Å²) in [5, 5.41) is 0.810. The van der Waals surface area contributed by atoms with Gasteiger partial charge in [0.25, 0.3) is 0 Å². The molecule has 0 amide bonds. The first-order valence-electron chi connectivity index (χ1n) is 10.0. The minimum atomic E-state index is -1.61. The lowest BCUT2D eigenvalue weighted by Gasteiger charge is -2.57. The normalized spacial score (nSPS) is 25.2. The highest BCUT2D eigenvalue weighted by Crippen LogP contribution is 2.51. The van der Waals surface area contributed by atoms with Crippen LogP contribution >= 0.6 is 11.6 Å². The maximum absolute atomic E-state index is 6.73.